The van der Waals surface area contributed by atoms with Crippen LogP contribution < -0.4 is 0 Å². The number of aryl methyl sites for hydroxylation is 1. The number of aliphatic hydroxyl groups excluding tert-OH is 1. The number of nitrogens with zero attached hydrogens (tertiary/aromatic N) is 1. The Labute approximate surface area is 108 Å². The molecule has 0 saturated carbocycles. The predicted molar refractivity (Wildman–Crippen MR) is 70.2 cm³/mol. The second-order valence-electron chi connectivity index (χ2n) is 5.07. The maximum Gasteiger partial charge on any atom is 0.152 e. The zero-order chi connectivity index (χ0) is 13.3. The van der Waals surface area contributed by atoms with E-state index in [0.717, 1.165) is 30.5 Å². The maximum absolute atomic E-state index is 11.5. The molecule has 3 unspecified atom stereocenters. The Morgan fingerprint density at radius 1 is 1.50 bits per heavy atom. The largest absolute Gasteiger partial charge is 0.391 e. The zero-order valence-electron chi connectivity index (χ0n) is 10.7. The average molecular weight is 269 g/mol. The van der Waals surface area contributed by atoms with Crippen molar-refractivity contribution in [2.45, 2.75) is 43.5 Å². The van der Waals surface area contributed by atoms with E-state index in [4.69, 9.17) is 0 Å². The van der Waals surface area contributed by atoms with E-state index in [-0.39, 0.29) is 5.92 Å². The number of fused-ring (bicyclic) bond motifs is 1. The van der Waals surface area contributed by atoms with Crippen LogP contribution in [0, 0.1) is 0 Å². The molecule has 1 aromatic rings. The summed E-state index contributed by atoms with van der Waals surface area (Å²) in [6.45, 7) is 1.57. The van der Waals surface area contributed by atoms with Crippen LogP contribution in [0.4, 0.5) is 0 Å². The maximum atomic E-state index is 11.5. The van der Waals surface area contributed by atoms with E-state index in [1.165, 1.54) is 6.26 Å². The van der Waals surface area contributed by atoms with Crippen molar-refractivity contribution in [3.63, 3.8) is 0 Å². The number of hydrogen-bond acceptors (Lipinski definition) is 4. The first kappa shape index (κ1) is 13.5. The van der Waals surface area contributed by atoms with Crippen LogP contribution in [-0.4, -0.2) is 36.1 Å². The summed E-state index contributed by atoms with van der Waals surface area (Å²) >= 11 is 0. The van der Waals surface area contributed by atoms with Gasteiger partial charge in [0.1, 0.15) is 0 Å². The van der Waals surface area contributed by atoms with Gasteiger partial charge in [-0.15, -0.1) is 0 Å². The van der Waals surface area contributed by atoms with Gasteiger partial charge >= 0.3 is 0 Å². The molecule has 0 aromatic carbocycles. The first-order valence-corrected chi connectivity index (χ1v) is 8.17. The molecule has 5 heteroatoms. The summed E-state index contributed by atoms with van der Waals surface area (Å²) < 4.78 is 23.1. The van der Waals surface area contributed by atoms with Crippen LogP contribution in [0.2, 0.25) is 0 Å². The van der Waals surface area contributed by atoms with E-state index in [1.54, 1.807) is 13.1 Å². The van der Waals surface area contributed by atoms with Crippen molar-refractivity contribution in [3.05, 3.63) is 29.6 Å². The molecule has 0 radical (unpaired) electrons. The van der Waals surface area contributed by atoms with E-state index in [9.17, 15) is 13.5 Å². The molecule has 100 valence electrons. The lowest BCUT2D eigenvalue weighted by Crippen LogP contribution is -2.37. The van der Waals surface area contributed by atoms with E-state index >= 15 is 0 Å². The molecule has 3 atom stereocenters. The minimum atomic E-state index is -3.23. The smallest absolute Gasteiger partial charge is 0.152 e. The summed E-state index contributed by atoms with van der Waals surface area (Å²) in [6, 6.07) is 3.89. The van der Waals surface area contributed by atoms with Crippen molar-refractivity contribution >= 4 is 9.84 Å². The van der Waals surface area contributed by atoms with Crippen molar-refractivity contribution in [2.24, 2.45) is 0 Å². The van der Waals surface area contributed by atoms with Crippen molar-refractivity contribution in [3.8, 4) is 0 Å². The molecule has 1 N–H and O–H groups in total. The molecule has 0 bridgehead atoms. The number of rotatable bonds is 3. The number of sulfone groups is 1. The molecule has 0 aliphatic heterocycles. The Hall–Kier alpha value is -0.940. The Kier molecular flexibility index (Phi) is 3.73. The molecule has 1 heterocycles. The molecule has 0 spiro atoms. The van der Waals surface area contributed by atoms with Crippen molar-refractivity contribution in [2.75, 3.05) is 6.26 Å². The molecule has 1 aliphatic carbocycles. The number of aliphatic hydroxyl groups is 1. The van der Waals surface area contributed by atoms with Gasteiger partial charge in [0.25, 0.3) is 0 Å². The lowest BCUT2D eigenvalue weighted by atomic mass is 9.82. The van der Waals surface area contributed by atoms with Crippen LogP contribution in [0.15, 0.2) is 18.3 Å². The van der Waals surface area contributed by atoms with E-state index in [0.29, 0.717) is 0 Å². The fourth-order valence-electron chi connectivity index (χ4n) is 2.56. The highest BCUT2D eigenvalue weighted by Crippen LogP contribution is 2.34. The summed E-state index contributed by atoms with van der Waals surface area (Å²) in [6.07, 6.45) is 4.72. The quantitative estimate of drug-likeness (QED) is 0.898. The van der Waals surface area contributed by atoms with Gasteiger partial charge in [-0.25, -0.2) is 8.42 Å². The lowest BCUT2D eigenvalue weighted by Gasteiger charge is -2.30. The normalized spacial score (nSPS) is 23.2. The van der Waals surface area contributed by atoms with Crippen molar-refractivity contribution in [1.29, 1.82) is 0 Å². The van der Waals surface area contributed by atoms with Gasteiger partial charge in [-0.3, -0.25) is 4.98 Å². The molecular weight excluding hydrogens is 250 g/mol. The summed E-state index contributed by atoms with van der Waals surface area (Å²) in [7, 11) is -3.23. The fraction of sp³-hybridized carbons (Fsp3) is 0.615. The highest BCUT2D eigenvalue weighted by atomic mass is 32.2. The Bertz CT molecular complexity index is 527. The Morgan fingerprint density at radius 3 is 2.89 bits per heavy atom. The summed E-state index contributed by atoms with van der Waals surface area (Å²) in [5, 5.41) is 9.55. The molecule has 1 aliphatic rings. The summed E-state index contributed by atoms with van der Waals surface area (Å²) in [5.74, 6) is -0.167. The molecular formula is C13H19NO3S. The van der Waals surface area contributed by atoms with Crippen LogP contribution in [0.25, 0.3) is 0 Å². The molecule has 18 heavy (non-hydrogen) atoms. The van der Waals surface area contributed by atoms with Crippen LogP contribution >= 0.6 is 0 Å². The van der Waals surface area contributed by atoms with Crippen molar-refractivity contribution in [1.82, 2.24) is 4.98 Å². The summed E-state index contributed by atoms with van der Waals surface area (Å²) in [4.78, 5) is 4.33. The SMILES string of the molecule is CC(C(O)C1CCCc2cccnc21)S(C)(=O)=O. The van der Waals surface area contributed by atoms with E-state index in [1.807, 2.05) is 12.1 Å². The molecule has 1 aromatic heterocycles. The Balaban J connectivity index is 2.31. The minimum absolute atomic E-state index is 0.167. The van der Waals surface area contributed by atoms with E-state index in [2.05, 4.69) is 4.98 Å². The van der Waals surface area contributed by atoms with Gasteiger partial charge in [0, 0.05) is 24.1 Å². The van der Waals surface area contributed by atoms with Gasteiger partial charge in [0.05, 0.1) is 11.4 Å². The minimum Gasteiger partial charge on any atom is -0.391 e. The highest BCUT2D eigenvalue weighted by Gasteiger charge is 2.35. The van der Waals surface area contributed by atoms with Crippen LogP contribution in [0.3, 0.4) is 0 Å². The standard InChI is InChI=1S/C13H19NO3S/c1-9(18(2,16)17)13(15)11-7-3-5-10-6-4-8-14-12(10)11/h4,6,8-9,11,13,15H,3,5,7H2,1-2H3. The average Bonchev–Trinajstić information content (AvgIpc) is 2.35. The van der Waals surface area contributed by atoms with Gasteiger partial charge in [-0.1, -0.05) is 6.07 Å². The second kappa shape index (κ2) is 4.97. The first-order chi connectivity index (χ1) is 8.41. The third-order valence-corrected chi connectivity index (χ3v) is 5.44. The molecule has 0 fully saturated rings. The molecule has 0 amide bonds. The number of aromatic nitrogens is 1. The third-order valence-electron chi connectivity index (χ3n) is 3.81. The number of hydrogen-bond donors (Lipinski definition) is 1. The lowest BCUT2D eigenvalue weighted by molar-refractivity contribution is 0.131. The van der Waals surface area contributed by atoms with Crippen LogP contribution in [-0.2, 0) is 16.3 Å². The van der Waals surface area contributed by atoms with Gasteiger partial charge in [-0.2, -0.15) is 0 Å². The van der Waals surface area contributed by atoms with E-state index < -0.39 is 21.2 Å². The Morgan fingerprint density at radius 2 is 2.22 bits per heavy atom. The van der Waals surface area contributed by atoms with Crippen molar-refractivity contribution < 1.29 is 13.5 Å². The fourth-order valence-corrected chi connectivity index (χ4v) is 3.25. The second-order valence-corrected chi connectivity index (χ2v) is 7.47. The van der Waals surface area contributed by atoms with Gasteiger partial charge in [0.2, 0.25) is 0 Å². The first-order valence-electron chi connectivity index (χ1n) is 6.22. The van der Waals surface area contributed by atoms with Crippen LogP contribution in [0.5, 0.6) is 0 Å². The molecule has 0 saturated heterocycles. The number of pyridine rings is 1. The van der Waals surface area contributed by atoms with Gasteiger partial charge in [-0.05, 0) is 37.8 Å². The summed E-state index contributed by atoms with van der Waals surface area (Å²) in [5.41, 5.74) is 2.00. The topological polar surface area (TPSA) is 67.3 Å². The predicted octanol–water partition coefficient (Wildman–Crippen LogP) is 1.30. The zero-order valence-corrected chi connectivity index (χ0v) is 11.5. The van der Waals surface area contributed by atoms with Gasteiger partial charge in [0.15, 0.2) is 9.84 Å². The molecule has 2 rings (SSSR count). The monoisotopic (exact) mass is 269 g/mol. The van der Waals surface area contributed by atoms with Gasteiger partial charge < -0.3 is 5.11 Å². The van der Waals surface area contributed by atoms with Crippen LogP contribution in [0.1, 0.15) is 36.9 Å². The highest BCUT2D eigenvalue weighted by molar-refractivity contribution is 7.91. The molecule has 4 nitrogen and oxygen atoms in total. The third kappa shape index (κ3) is 2.57.